The third-order valence-electron chi connectivity index (χ3n) is 2.67. The van der Waals surface area contributed by atoms with Gasteiger partial charge in [0, 0.05) is 24.3 Å². The number of nitrogens with zero attached hydrogens (tertiary/aromatic N) is 1. The van der Waals surface area contributed by atoms with E-state index >= 15 is 0 Å². The minimum Gasteiger partial charge on any atom is -0.478 e. The number of hydrogen-bond acceptors (Lipinski definition) is 3. The Morgan fingerprint density at radius 3 is 2.72 bits per heavy atom. The Morgan fingerprint density at radius 1 is 1.22 bits per heavy atom. The fourth-order valence-corrected chi connectivity index (χ4v) is 1.80. The maximum absolute atomic E-state index is 10.8. The van der Waals surface area contributed by atoms with Crippen molar-refractivity contribution in [2.24, 2.45) is 0 Å². The van der Waals surface area contributed by atoms with E-state index in [9.17, 15) is 4.79 Å². The van der Waals surface area contributed by atoms with Crippen LogP contribution < -0.4 is 0 Å². The molecule has 2 aromatic rings. The summed E-state index contributed by atoms with van der Waals surface area (Å²) in [6, 6.07) is 5.05. The highest BCUT2D eigenvalue weighted by molar-refractivity contribution is 5.94. The van der Waals surface area contributed by atoms with Crippen LogP contribution in [-0.4, -0.2) is 40.6 Å². The lowest BCUT2D eigenvalue weighted by molar-refractivity contribution is 0.0697. The van der Waals surface area contributed by atoms with Crippen molar-refractivity contribution in [2.45, 2.75) is 6.54 Å². The van der Waals surface area contributed by atoms with Gasteiger partial charge >= 0.3 is 5.97 Å². The van der Waals surface area contributed by atoms with Crippen LogP contribution in [0, 0.1) is 0 Å². The first-order valence-electron chi connectivity index (χ1n) is 5.72. The van der Waals surface area contributed by atoms with E-state index in [1.165, 1.54) is 0 Å². The van der Waals surface area contributed by atoms with Gasteiger partial charge in [-0.3, -0.25) is 0 Å². The highest BCUT2D eigenvalue weighted by atomic mass is 16.5. The third kappa shape index (κ3) is 2.88. The monoisotopic (exact) mass is 249 g/mol. The third-order valence-corrected chi connectivity index (χ3v) is 2.67. The van der Waals surface area contributed by atoms with Crippen LogP contribution in [-0.2, 0) is 11.3 Å². The summed E-state index contributed by atoms with van der Waals surface area (Å²) in [7, 11) is 0. The minimum absolute atomic E-state index is 0.0234. The van der Waals surface area contributed by atoms with E-state index in [0.29, 0.717) is 19.8 Å². The van der Waals surface area contributed by atoms with Gasteiger partial charge in [0.1, 0.15) is 0 Å². The highest BCUT2D eigenvalue weighted by Gasteiger charge is 2.05. The van der Waals surface area contributed by atoms with Gasteiger partial charge in [0.05, 0.1) is 25.4 Å². The quantitative estimate of drug-likeness (QED) is 0.758. The van der Waals surface area contributed by atoms with E-state index in [0.717, 1.165) is 10.8 Å². The largest absolute Gasteiger partial charge is 0.478 e. The molecule has 0 bridgehead atoms. The average Bonchev–Trinajstić information content (AvgIpc) is 2.76. The number of hydrogen-bond donors (Lipinski definition) is 2. The predicted molar refractivity (Wildman–Crippen MR) is 66.8 cm³/mol. The van der Waals surface area contributed by atoms with E-state index in [2.05, 4.69) is 0 Å². The van der Waals surface area contributed by atoms with Crippen LogP contribution >= 0.6 is 0 Å². The van der Waals surface area contributed by atoms with Crippen molar-refractivity contribution in [1.29, 1.82) is 0 Å². The Kier molecular flexibility index (Phi) is 3.96. The lowest BCUT2D eigenvalue weighted by atomic mass is 10.1. The van der Waals surface area contributed by atoms with Gasteiger partial charge in [-0.2, -0.15) is 0 Å². The number of aliphatic hydroxyl groups is 1. The molecule has 0 aliphatic rings. The number of fused-ring (bicyclic) bond motifs is 1. The van der Waals surface area contributed by atoms with Gasteiger partial charge in [-0.15, -0.1) is 0 Å². The molecule has 1 heterocycles. The van der Waals surface area contributed by atoms with Crippen molar-refractivity contribution in [1.82, 2.24) is 4.57 Å². The van der Waals surface area contributed by atoms with Crippen molar-refractivity contribution < 1.29 is 19.7 Å². The molecular formula is C13H15NO4. The zero-order valence-electron chi connectivity index (χ0n) is 9.87. The molecule has 0 amide bonds. The minimum atomic E-state index is -0.920. The molecule has 5 heteroatoms. The highest BCUT2D eigenvalue weighted by Crippen LogP contribution is 2.17. The molecule has 0 fully saturated rings. The first-order valence-corrected chi connectivity index (χ1v) is 5.72. The fourth-order valence-electron chi connectivity index (χ4n) is 1.80. The Hall–Kier alpha value is -1.85. The molecule has 1 aromatic carbocycles. The number of aromatic carboxylic acids is 1. The SMILES string of the molecule is O=C(O)c1ccc2cn(CCOCCO)cc2c1. The topological polar surface area (TPSA) is 71.7 Å². The number of carboxylic acid groups (broad SMARTS) is 1. The van der Waals surface area contributed by atoms with Gasteiger partial charge in [-0.05, 0) is 17.5 Å². The number of aromatic nitrogens is 1. The summed E-state index contributed by atoms with van der Waals surface area (Å²) in [5.74, 6) is -0.920. The van der Waals surface area contributed by atoms with E-state index in [-0.39, 0.29) is 12.2 Å². The van der Waals surface area contributed by atoms with Crippen LogP contribution in [0.15, 0.2) is 30.6 Å². The second-order valence-electron chi connectivity index (χ2n) is 3.98. The summed E-state index contributed by atoms with van der Waals surface area (Å²) in [4.78, 5) is 10.8. The number of carboxylic acids is 1. The summed E-state index contributed by atoms with van der Waals surface area (Å²) < 4.78 is 7.13. The van der Waals surface area contributed by atoms with Crippen LogP contribution in [0.1, 0.15) is 10.4 Å². The molecule has 0 unspecified atom stereocenters. The second kappa shape index (κ2) is 5.66. The molecular weight excluding hydrogens is 234 g/mol. The normalized spacial score (nSPS) is 10.9. The molecule has 0 saturated heterocycles. The van der Waals surface area contributed by atoms with E-state index < -0.39 is 5.97 Å². The smallest absolute Gasteiger partial charge is 0.335 e. The molecule has 18 heavy (non-hydrogen) atoms. The first-order chi connectivity index (χ1) is 8.70. The Bertz CT molecular complexity index is 547. The molecule has 2 rings (SSSR count). The van der Waals surface area contributed by atoms with Gasteiger partial charge in [0.25, 0.3) is 0 Å². The number of ether oxygens (including phenoxy) is 1. The zero-order valence-corrected chi connectivity index (χ0v) is 9.87. The number of aliphatic hydroxyl groups excluding tert-OH is 1. The molecule has 0 aliphatic heterocycles. The summed E-state index contributed by atoms with van der Waals surface area (Å²) in [5, 5.41) is 19.4. The van der Waals surface area contributed by atoms with Crippen molar-refractivity contribution >= 4 is 16.7 Å². The van der Waals surface area contributed by atoms with Gasteiger partial charge in [-0.1, -0.05) is 6.07 Å². The molecule has 0 aliphatic carbocycles. The van der Waals surface area contributed by atoms with Crippen LogP contribution in [0.4, 0.5) is 0 Å². The van der Waals surface area contributed by atoms with E-state index in [1.54, 1.807) is 18.2 Å². The Morgan fingerprint density at radius 2 is 2.00 bits per heavy atom. The van der Waals surface area contributed by atoms with Crippen molar-refractivity contribution in [3.63, 3.8) is 0 Å². The van der Waals surface area contributed by atoms with Crippen LogP contribution in [0.25, 0.3) is 10.8 Å². The molecule has 0 saturated carbocycles. The summed E-state index contributed by atoms with van der Waals surface area (Å²) in [6.45, 7) is 1.56. The number of carbonyl (C=O) groups is 1. The average molecular weight is 249 g/mol. The van der Waals surface area contributed by atoms with E-state index in [4.69, 9.17) is 14.9 Å². The Balaban J connectivity index is 2.09. The van der Waals surface area contributed by atoms with Crippen LogP contribution in [0.5, 0.6) is 0 Å². The fraction of sp³-hybridized carbons (Fsp3) is 0.308. The zero-order chi connectivity index (χ0) is 13.0. The van der Waals surface area contributed by atoms with Gasteiger partial charge in [0.2, 0.25) is 0 Å². The predicted octanol–water partition coefficient (Wildman–Crippen LogP) is 1.35. The molecule has 0 atom stereocenters. The van der Waals surface area contributed by atoms with Crippen LogP contribution in [0.2, 0.25) is 0 Å². The van der Waals surface area contributed by atoms with Gasteiger partial charge in [0.15, 0.2) is 0 Å². The molecule has 2 N–H and O–H groups in total. The van der Waals surface area contributed by atoms with E-state index in [1.807, 2.05) is 17.0 Å². The molecule has 1 aromatic heterocycles. The summed E-state index contributed by atoms with van der Waals surface area (Å²) >= 11 is 0. The first kappa shape index (κ1) is 12.6. The van der Waals surface area contributed by atoms with Gasteiger partial charge < -0.3 is 19.5 Å². The summed E-state index contributed by atoms with van der Waals surface area (Å²) in [6.07, 6.45) is 3.84. The van der Waals surface area contributed by atoms with Crippen molar-refractivity contribution in [3.8, 4) is 0 Å². The second-order valence-corrected chi connectivity index (χ2v) is 3.98. The number of benzene rings is 1. The molecule has 5 nitrogen and oxygen atoms in total. The van der Waals surface area contributed by atoms with Crippen molar-refractivity contribution in [2.75, 3.05) is 19.8 Å². The van der Waals surface area contributed by atoms with Crippen molar-refractivity contribution in [3.05, 3.63) is 36.2 Å². The maximum atomic E-state index is 10.8. The van der Waals surface area contributed by atoms with Crippen LogP contribution in [0.3, 0.4) is 0 Å². The molecule has 0 radical (unpaired) electrons. The molecule has 96 valence electrons. The lowest BCUT2D eigenvalue weighted by Crippen LogP contribution is -2.06. The Labute approximate surface area is 104 Å². The molecule has 0 spiro atoms. The van der Waals surface area contributed by atoms with Gasteiger partial charge in [-0.25, -0.2) is 4.79 Å². The maximum Gasteiger partial charge on any atom is 0.335 e. The summed E-state index contributed by atoms with van der Waals surface area (Å²) in [5.41, 5.74) is 0.289. The lowest BCUT2D eigenvalue weighted by Gasteiger charge is -2.02. The standard InChI is InChI=1S/C13H15NO4/c15-4-6-18-5-3-14-8-11-2-1-10(13(16)17)7-12(11)9-14/h1-2,7-9,15H,3-6H2,(H,16,17). The number of rotatable bonds is 6.